The molecule has 0 saturated heterocycles. The van der Waals surface area contributed by atoms with Gasteiger partial charge in [0.05, 0.1) is 11.9 Å². The summed E-state index contributed by atoms with van der Waals surface area (Å²) in [6, 6.07) is 12.6. The van der Waals surface area contributed by atoms with Gasteiger partial charge in [0.25, 0.3) is 0 Å². The van der Waals surface area contributed by atoms with Gasteiger partial charge in [-0.3, -0.25) is 0 Å². The van der Waals surface area contributed by atoms with Crippen LogP contribution in [0.4, 0.5) is 0 Å². The van der Waals surface area contributed by atoms with Crippen molar-refractivity contribution < 1.29 is 0 Å². The topological polar surface area (TPSA) is 30.2 Å². The van der Waals surface area contributed by atoms with Crippen LogP contribution in [0.25, 0.3) is 16.9 Å². The Labute approximate surface area is 120 Å². The molecule has 0 aliphatic heterocycles. The molecule has 3 aromatic rings. The maximum absolute atomic E-state index is 4.59. The first-order valence-electron chi connectivity index (χ1n) is 6.37. The van der Waals surface area contributed by atoms with Gasteiger partial charge in [0, 0.05) is 5.56 Å². The van der Waals surface area contributed by atoms with Crippen LogP contribution < -0.4 is 0 Å². The number of hydrogen-bond donors (Lipinski definition) is 0. The van der Waals surface area contributed by atoms with Crippen LogP contribution in [0.2, 0.25) is 0 Å². The standard InChI is InChI=1S/C15H14BrN3/c1-2-3-11-4-6-12(7-5-11)13-8-9-15-17-10-14(16)19(15)18-13/h4-10H,2-3H2,1H3. The van der Waals surface area contributed by atoms with Crippen molar-refractivity contribution in [3.63, 3.8) is 0 Å². The molecule has 1 aromatic carbocycles. The van der Waals surface area contributed by atoms with E-state index in [1.54, 1.807) is 10.7 Å². The van der Waals surface area contributed by atoms with Gasteiger partial charge in [-0.25, -0.2) is 9.50 Å². The third kappa shape index (κ3) is 2.40. The Balaban J connectivity index is 2.00. The molecular formula is C15H14BrN3. The minimum Gasteiger partial charge on any atom is -0.234 e. The summed E-state index contributed by atoms with van der Waals surface area (Å²) in [4.78, 5) is 4.25. The van der Waals surface area contributed by atoms with Gasteiger partial charge < -0.3 is 0 Å². The SMILES string of the molecule is CCCc1ccc(-c2ccc3ncc(Br)n3n2)cc1. The van der Waals surface area contributed by atoms with E-state index in [9.17, 15) is 0 Å². The van der Waals surface area contributed by atoms with Crippen molar-refractivity contribution in [2.45, 2.75) is 19.8 Å². The molecule has 0 bridgehead atoms. The number of hydrogen-bond acceptors (Lipinski definition) is 2. The highest BCUT2D eigenvalue weighted by Gasteiger charge is 2.05. The summed E-state index contributed by atoms with van der Waals surface area (Å²) >= 11 is 3.44. The average Bonchev–Trinajstić information content (AvgIpc) is 2.81. The van der Waals surface area contributed by atoms with Gasteiger partial charge >= 0.3 is 0 Å². The summed E-state index contributed by atoms with van der Waals surface area (Å²) in [5.41, 5.74) is 4.30. The Kier molecular flexibility index (Phi) is 3.34. The van der Waals surface area contributed by atoms with Crippen molar-refractivity contribution in [3.05, 3.63) is 52.8 Å². The van der Waals surface area contributed by atoms with Crippen molar-refractivity contribution in [1.82, 2.24) is 14.6 Å². The third-order valence-electron chi connectivity index (χ3n) is 3.11. The molecule has 2 aromatic heterocycles. The molecule has 0 fully saturated rings. The average molecular weight is 316 g/mol. The fourth-order valence-electron chi connectivity index (χ4n) is 2.13. The summed E-state index contributed by atoms with van der Waals surface area (Å²) in [6.07, 6.45) is 4.06. The number of fused-ring (bicyclic) bond motifs is 1. The maximum atomic E-state index is 4.59. The summed E-state index contributed by atoms with van der Waals surface area (Å²) in [5.74, 6) is 0. The first-order valence-corrected chi connectivity index (χ1v) is 7.17. The molecule has 2 heterocycles. The predicted molar refractivity (Wildman–Crippen MR) is 80.1 cm³/mol. The van der Waals surface area contributed by atoms with Crippen LogP contribution in [-0.2, 0) is 6.42 Å². The van der Waals surface area contributed by atoms with Crippen molar-refractivity contribution in [2.75, 3.05) is 0 Å². The lowest BCUT2D eigenvalue weighted by atomic mass is 10.1. The largest absolute Gasteiger partial charge is 0.234 e. The van der Waals surface area contributed by atoms with E-state index >= 15 is 0 Å². The zero-order chi connectivity index (χ0) is 13.2. The number of halogens is 1. The summed E-state index contributed by atoms with van der Waals surface area (Å²) in [6.45, 7) is 2.19. The van der Waals surface area contributed by atoms with E-state index < -0.39 is 0 Å². The fourth-order valence-corrected chi connectivity index (χ4v) is 2.49. The molecule has 0 aliphatic carbocycles. The van der Waals surface area contributed by atoms with Crippen LogP contribution >= 0.6 is 15.9 Å². The molecule has 0 unspecified atom stereocenters. The Hall–Kier alpha value is -1.68. The molecule has 0 N–H and O–H groups in total. The first-order chi connectivity index (χ1) is 9.28. The normalized spacial score (nSPS) is 11.1. The molecule has 0 atom stereocenters. The van der Waals surface area contributed by atoms with E-state index in [-0.39, 0.29) is 0 Å². The Bertz CT molecular complexity index is 701. The van der Waals surface area contributed by atoms with E-state index in [0.717, 1.165) is 27.9 Å². The van der Waals surface area contributed by atoms with Crippen LogP contribution in [0.5, 0.6) is 0 Å². The fraction of sp³-hybridized carbons (Fsp3) is 0.200. The highest BCUT2D eigenvalue weighted by atomic mass is 79.9. The van der Waals surface area contributed by atoms with E-state index in [2.05, 4.69) is 57.2 Å². The predicted octanol–water partition coefficient (Wildman–Crippen LogP) is 4.11. The van der Waals surface area contributed by atoms with Crippen LogP contribution in [0, 0.1) is 0 Å². The van der Waals surface area contributed by atoms with E-state index in [4.69, 9.17) is 0 Å². The van der Waals surface area contributed by atoms with Gasteiger partial charge in [-0.15, -0.1) is 0 Å². The van der Waals surface area contributed by atoms with Crippen molar-refractivity contribution >= 4 is 21.6 Å². The second kappa shape index (κ2) is 5.13. The number of benzene rings is 1. The Morgan fingerprint density at radius 2 is 1.89 bits per heavy atom. The minimum absolute atomic E-state index is 0.846. The lowest BCUT2D eigenvalue weighted by Gasteiger charge is -2.04. The Morgan fingerprint density at radius 1 is 1.11 bits per heavy atom. The molecule has 0 spiro atoms. The third-order valence-corrected chi connectivity index (χ3v) is 3.65. The molecule has 19 heavy (non-hydrogen) atoms. The summed E-state index contributed by atoms with van der Waals surface area (Å²) in [7, 11) is 0. The smallest absolute Gasteiger partial charge is 0.154 e. The van der Waals surface area contributed by atoms with E-state index in [1.165, 1.54) is 12.0 Å². The second-order valence-electron chi connectivity index (χ2n) is 4.52. The number of aryl methyl sites for hydroxylation is 1. The molecule has 3 rings (SSSR count). The number of rotatable bonds is 3. The lowest BCUT2D eigenvalue weighted by Crippen LogP contribution is -1.94. The highest BCUT2D eigenvalue weighted by Crippen LogP contribution is 2.20. The van der Waals surface area contributed by atoms with Crippen LogP contribution in [0.1, 0.15) is 18.9 Å². The highest BCUT2D eigenvalue weighted by molar-refractivity contribution is 9.10. The Morgan fingerprint density at radius 3 is 2.63 bits per heavy atom. The second-order valence-corrected chi connectivity index (χ2v) is 5.33. The number of imidazole rings is 1. The van der Waals surface area contributed by atoms with Gasteiger partial charge in [0.2, 0.25) is 0 Å². The molecule has 96 valence electrons. The van der Waals surface area contributed by atoms with Gasteiger partial charge in [0.15, 0.2) is 5.65 Å². The summed E-state index contributed by atoms with van der Waals surface area (Å²) in [5, 5.41) is 4.59. The molecule has 0 saturated carbocycles. The van der Waals surface area contributed by atoms with Crippen LogP contribution in [0.3, 0.4) is 0 Å². The molecule has 0 amide bonds. The van der Waals surface area contributed by atoms with Crippen molar-refractivity contribution in [3.8, 4) is 11.3 Å². The quantitative estimate of drug-likeness (QED) is 0.728. The first kappa shape index (κ1) is 12.4. The van der Waals surface area contributed by atoms with Gasteiger partial charge in [0.1, 0.15) is 4.60 Å². The molecule has 4 heteroatoms. The van der Waals surface area contributed by atoms with Crippen molar-refractivity contribution in [2.24, 2.45) is 0 Å². The maximum Gasteiger partial charge on any atom is 0.154 e. The van der Waals surface area contributed by atoms with Crippen molar-refractivity contribution in [1.29, 1.82) is 0 Å². The molecule has 0 aliphatic rings. The van der Waals surface area contributed by atoms with E-state index in [1.807, 2.05) is 12.1 Å². The molecule has 3 nitrogen and oxygen atoms in total. The van der Waals surface area contributed by atoms with Crippen LogP contribution in [-0.4, -0.2) is 14.6 Å². The zero-order valence-corrected chi connectivity index (χ0v) is 12.3. The molecule has 0 radical (unpaired) electrons. The summed E-state index contributed by atoms with van der Waals surface area (Å²) < 4.78 is 2.67. The minimum atomic E-state index is 0.846. The van der Waals surface area contributed by atoms with Gasteiger partial charge in [-0.1, -0.05) is 37.6 Å². The van der Waals surface area contributed by atoms with Crippen LogP contribution in [0.15, 0.2) is 47.2 Å². The monoisotopic (exact) mass is 315 g/mol. The van der Waals surface area contributed by atoms with Gasteiger partial charge in [-0.05, 0) is 40.0 Å². The number of aromatic nitrogens is 3. The molecular weight excluding hydrogens is 302 g/mol. The lowest BCUT2D eigenvalue weighted by molar-refractivity contribution is 0.916. The van der Waals surface area contributed by atoms with E-state index in [0.29, 0.717) is 0 Å². The zero-order valence-electron chi connectivity index (χ0n) is 10.7. The number of nitrogens with zero attached hydrogens (tertiary/aromatic N) is 3. The van der Waals surface area contributed by atoms with Gasteiger partial charge in [-0.2, -0.15) is 5.10 Å².